The number of rotatable bonds is 3. The van der Waals surface area contributed by atoms with Crippen molar-refractivity contribution in [2.75, 3.05) is 0 Å². The van der Waals surface area contributed by atoms with Gasteiger partial charge in [0.25, 0.3) is 0 Å². The topological polar surface area (TPSA) is 93.6 Å². The average molecular weight is 193 g/mol. The molecular formula is C8H11N5O. The van der Waals surface area contributed by atoms with Crippen LogP contribution in [0.4, 0.5) is 0 Å². The summed E-state index contributed by atoms with van der Waals surface area (Å²) in [6, 6.07) is 1.94. The molecule has 0 fully saturated rings. The summed E-state index contributed by atoms with van der Waals surface area (Å²) in [7, 11) is 0. The van der Waals surface area contributed by atoms with Crippen LogP contribution in [0, 0.1) is 6.92 Å². The van der Waals surface area contributed by atoms with E-state index >= 15 is 0 Å². The van der Waals surface area contributed by atoms with Crippen molar-refractivity contribution in [3.63, 3.8) is 0 Å². The summed E-state index contributed by atoms with van der Waals surface area (Å²) in [5.74, 6) is 1.06. The van der Waals surface area contributed by atoms with Crippen LogP contribution >= 0.6 is 0 Å². The maximum Gasteiger partial charge on any atom is 0.232 e. The Kier molecular flexibility index (Phi) is 2.28. The molecule has 0 saturated heterocycles. The van der Waals surface area contributed by atoms with Gasteiger partial charge in [-0.25, -0.2) is 0 Å². The molecule has 0 aromatic carbocycles. The standard InChI is InChI=1S/C8H11N5O/c1-5-2-6(12-11-5)3-8-10-7(4-9)13-14-8/h2H,3-4,9H2,1H3,(H,11,12). The number of hydrogen-bond acceptors (Lipinski definition) is 5. The molecule has 0 unspecified atom stereocenters. The van der Waals surface area contributed by atoms with Crippen molar-refractivity contribution in [1.29, 1.82) is 0 Å². The molecular weight excluding hydrogens is 182 g/mol. The number of H-pyrrole nitrogens is 1. The first-order chi connectivity index (χ1) is 6.78. The summed E-state index contributed by atoms with van der Waals surface area (Å²) >= 11 is 0. The van der Waals surface area contributed by atoms with E-state index < -0.39 is 0 Å². The lowest BCUT2D eigenvalue weighted by Gasteiger charge is -1.86. The zero-order valence-electron chi connectivity index (χ0n) is 7.82. The van der Waals surface area contributed by atoms with E-state index in [2.05, 4.69) is 20.3 Å². The fourth-order valence-corrected chi connectivity index (χ4v) is 1.16. The SMILES string of the molecule is Cc1cc(Cc2nc(CN)no2)n[nH]1. The smallest absolute Gasteiger partial charge is 0.232 e. The van der Waals surface area contributed by atoms with E-state index in [-0.39, 0.29) is 0 Å². The van der Waals surface area contributed by atoms with Crippen molar-refractivity contribution in [1.82, 2.24) is 20.3 Å². The van der Waals surface area contributed by atoms with Gasteiger partial charge in [0.2, 0.25) is 5.89 Å². The molecule has 2 aromatic rings. The second kappa shape index (κ2) is 3.59. The second-order valence-electron chi connectivity index (χ2n) is 3.03. The first-order valence-corrected chi connectivity index (χ1v) is 4.30. The molecule has 74 valence electrons. The monoisotopic (exact) mass is 193 g/mol. The molecule has 0 amide bonds. The summed E-state index contributed by atoms with van der Waals surface area (Å²) in [5, 5.41) is 10.6. The molecule has 0 radical (unpaired) electrons. The van der Waals surface area contributed by atoms with Gasteiger partial charge < -0.3 is 10.3 Å². The Balaban J connectivity index is 2.10. The average Bonchev–Trinajstić information content (AvgIpc) is 2.76. The summed E-state index contributed by atoms with van der Waals surface area (Å²) in [4.78, 5) is 4.08. The quantitative estimate of drug-likeness (QED) is 0.723. The maximum absolute atomic E-state index is 5.35. The number of nitrogens with two attached hydrogens (primary N) is 1. The predicted molar refractivity (Wildman–Crippen MR) is 48.3 cm³/mol. The zero-order valence-corrected chi connectivity index (χ0v) is 7.82. The van der Waals surface area contributed by atoms with E-state index in [0.29, 0.717) is 24.7 Å². The lowest BCUT2D eigenvalue weighted by molar-refractivity contribution is 0.378. The van der Waals surface area contributed by atoms with Gasteiger partial charge in [-0.05, 0) is 13.0 Å². The summed E-state index contributed by atoms with van der Waals surface area (Å²) < 4.78 is 4.97. The Bertz CT molecular complexity index is 419. The van der Waals surface area contributed by atoms with Gasteiger partial charge in [-0.1, -0.05) is 5.16 Å². The molecule has 0 aliphatic rings. The molecule has 0 aliphatic carbocycles. The van der Waals surface area contributed by atoms with Gasteiger partial charge in [0.1, 0.15) is 0 Å². The molecule has 2 rings (SSSR count). The van der Waals surface area contributed by atoms with Crippen molar-refractivity contribution < 1.29 is 4.52 Å². The van der Waals surface area contributed by atoms with E-state index in [1.165, 1.54) is 0 Å². The Morgan fingerprint density at radius 2 is 2.43 bits per heavy atom. The highest BCUT2D eigenvalue weighted by molar-refractivity contribution is 5.10. The van der Waals surface area contributed by atoms with Crippen LogP contribution in [0.15, 0.2) is 10.6 Å². The van der Waals surface area contributed by atoms with Crippen LogP contribution in [0.25, 0.3) is 0 Å². The number of aryl methyl sites for hydroxylation is 1. The van der Waals surface area contributed by atoms with E-state index in [4.69, 9.17) is 10.3 Å². The van der Waals surface area contributed by atoms with Gasteiger partial charge in [-0.2, -0.15) is 10.1 Å². The second-order valence-corrected chi connectivity index (χ2v) is 3.03. The third kappa shape index (κ3) is 1.80. The molecule has 0 saturated carbocycles. The summed E-state index contributed by atoms with van der Waals surface area (Å²) in [5.41, 5.74) is 7.25. The normalized spacial score (nSPS) is 10.7. The fraction of sp³-hybridized carbons (Fsp3) is 0.375. The molecule has 6 nitrogen and oxygen atoms in total. The van der Waals surface area contributed by atoms with Gasteiger partial charge in [0, 0.05) is 5.69 Å². The van der Waals surface area contributed by atoms with E-state index in [1.807, 2.05) is 13.0 Å². The van der Waals surface area contributed by atoms with Crippen LogP contribution in [0.2, 0.25) is 0 Å². The van der Waals surface area contributed by atoms with Crippen molar-refractivity contribution in [2.24, 2.45) is 5.73 Å². The van der Waals surface area contributed by atoms with Crippen LogP contribution in [0.5, 0.6) is 0 Å². The van der Waals surface area contributed by atoms with Crippen molar-refractivity contribution in [3.05, 3.63) is 29.2 Å². The van der Waals surface area contributed by atoms with Gasteiger partial charge in [0.05, 0.1) is 18.7 Å². The first kappa shape index (κ1) is 8.89. The summed E-state index contributed by atoms with van der Waals surface area (Å²) in [6.07, 6.45) is 0.539. The van der Waals surface area contributed by atoms with Crippen LogP contribution in [-0.2, 0) is 13.0 Å². The Hall–Kier alpha value is -1.69. The lowest BCUT2D eigenvalue weighted by Crippen LogP contribution is -1.98. The molecule has 0 spiro atoms. The number of hydrogen-bond donors (Lipinski definition) is 2. The number of aromatic amines is 1. The Morgan fingerprint density at radius 3 is 3.00 bits per heavy atom. The Labute approximate surface area is 80.5 Å². The number of nitrogens with one attached hydrogen (secondary N) is 1. The minimum atomic E-state index is 0.295. The molecule has 2 heterocycles. The van der Waals surface area contributed by atoms with Gasteiger partial charge in [-0.15, -0.1) is 0 Å². The number of aromatic nitrogens is 4. The molecule has 14 heavy (non-hydrogen) atoms. The lowest BCUT2D eigenvalue weighted by atomic mass is 10.3. The van der Waals surface area contributed by atoms with Crippen molar-refractivity contribution >= 4 is 0 Å². The highest BCUT2D eigenvalue weighted by Crippen LogP contribution is 2.05. The molecule has 6 heteroatoms. The van der Waals surface area contributed by atoms with Gasteiger partial charge in [-0.3, -0.25) is 5.10 Å². The molecule has 3 N–H and O–H groups in total. The van der Waals surface area contributed by atoms with Crippen LogP contribution < -0.4 is 5.73 Å². The van der Waals surface area contributed by atoms with E-state index in [9.17, 15) is 0 Å². The minimum Gasteiger partial charge on any atom is -0.339 e. The van der Waals surface area contributed by atoms with Crippen molar-refractivity contribution in [2.45, 2.75) is 19.9 Å². The van der Waals surface area contributed by atoms with Crippen molar-refractivity contribution in [3.8, 4) is 0 Å². The molecule has 0 aliphatic heterocycles. The third-order valence-corrected chi connectivity index (χ3v) is 1.78. The van der Waals surface area contributed by atoms with Crippen LogP contribution in [0.3, 0.4) is 0 Å². The zero-order chi connectivity index (χ0) is 9.97. The maximum atomic E-state index is 5.35. The summed E-state index contributed by atoms with van der Waals surface area (Å²) in [6.45, 7) is 2.23. The Morgan fingerprint density at radius 1 is 1.57 bits per heavy atom. The van der Waals surface area contributed by atoms with E-state index in [1.54, 1.807) is 0 Å². The van der Waals surface area contributed by atoms with Gasteiger partial charge >= 0.3 is 0 Å². The van der Waals surface area contributed by atoms with E-state index in [0.717, 1.165) is 11.4 Å². The largest absolute Gasteiger partial charge is 0.339 e. The van der Waals surface area contributed by atoms with Crippen LogP contribution in [0.1, 0.15) is 23.1 Å². The molecule has 0 atom stereocenters. The molecule has 2 aromatic heterocycles. The first-order valence-electron chi connectivity index (χ1n) is 4.30. The third-order valence-electron chi connectivity index (χ3n) is 1.78. The highest BCUT2D eigenvalue weighted by atomic mass is 16.5. The highest BCUT2D eigenvalue weighted by Gasteiger charge is 2.07. The van der Waals surface area contributed by atoms with Crippen LogP contribution in [-0.4, -0.2) is 20.3 Å². The fourth-order valence-electron chi connectivity index (χ4n) is 1.16. The molecule has 0 bridgehead atoms. The predicted octanol–water partition coefficient (Wildman–Crippen LogP) is 0.151. The number of nitrogens with zero attached hydrogens (tertiary/aromatic N) is 3. The minimum absolute atomic E-state index is 0.295. The van der Waals surface area contributed by atoms with Gasteiger partial charge in [0.15, 0.2) is 5.82 Å².